The predicted molar refractivity (Wildman–Crippen MR) is 198 cm³/mol. The number of benzene rings is 3. The van der Waals surface area contributed by atoms with Gasteiger partial charge in [0.05, 0.1) is 18.2 Å². The molecule has 0 aromatic heterocycles. The molecule has 3 aromatic rings. The summed E-state index contributed by atoms with van der Waals surface area (Å²) in [6, 6.07) is 23.2. The predicted octanol–water partition coefficient (Wildman–Crippen LogP) is 5.81. The molecule has 5 aliphatic rings. The van der Waals surface area contributed by atoms with E-state index in [0.29, 0.717) is 80.2 Å². The molecule has 5 fully saturated rings. The third kappa shape index (κ3) is 7.78. The van der Waals surface area contributed by atoms with Crippen molar-refractivity contribution in [2.45, 2.75) is 50.1 Å². The standard InChI is InChI=1S/C41H47N5O7/c47-27-29-6-8-32(9-7-29)37(48)44-22-14-30(15-23-44)28-53-39(50)42-35-12-10-33(11-13-35)38(49)45-24-18-41(19-25-45,34-4-2-1-3-5-34)46(40(51)52)36-26-43-20-16-31(36)17-21-43/h1-13,27,30-31,36H,14-26,28H2,(H,42,50)(H,51,52)/t36-/m0/s1. The number of carbonyl (C=O) groups is 5. The Kier molecular flexibility index (Phi) is 10.8. The Morgan fingerprint density at radius 1 is 0.774 bits per heavy atom. The fraction of sp³-hybridized carbons (Fsp3) is 0.439. The van der Waals surface area contributed by atoms with Crippen LogP contribution in [0, 0.1) is 11.8 Å². The molecule has 53 heavy (non-hydrogen) atoms. The molecule has 2 N–H and O–H groups in total. The van der Waals surface area contributed by atoms with Crippen molar-refractivity contribution in [3.05, 3.63) is 101 Å². The third-order valence-electron chi connectivity index (χ3n) is 11.8. The highest BCUT2D eigenvalue weighted by molar-refractivity contribution is 5.96. The van der Waals surface area contributed by atoms with Crippen molar-refractivity contribution in [3.8, 4) is 0 Å². The molecule has 4 amide bonds. The number of nitrogens with zero attached hydrogens (tertiary/aromatic N) is 4. The third-order valence-corrected chi connectivity index (χ3v) is 11.8. The van der Waals surface area contributed by atoms with Crippen molar-refractivity contribution in [1.82, 2.24) is 19.6 Å². The van der Waals surface area contributed by atoms with Crippen LogP contribution < -0.4 is 5.32 Å². The summed E-state index contributed by atoms with van der Waals surface area (Å²) in [6.45, 7) is 5.00. The van der Waals surface area contributed by atoms with Gasteiger partial charge in [0.15, 0.2) is 0 Å². The first-order valence-electron chi connectivity index (χ1n) is 18.7. The number of likely N-dealkylation sites (tertiary alicyclic amines) is 2. The van der Waals surface area contributed by atoms with Gasteiger partial charge in [0.2, 0.25) is 0 Å². The highest BCUT2D eigenvalue weighted by Crippen LogP contribution is 2.44. The van der Waals surface area contributed by atoms with Crippen LogP contribution in [0.3, 0.4) is 0 Å². The largest absolute Gasteiger partial charge is 0.465 e. The van der Waals surface area contributed by atoms with Gasteiger partial charge in [0.25, 0.3) is 11.8 Å². The minimum Gasteiger partial charge on any atom is -0.465 e. The molecule has 278 valence electrons. The molecule has 0 unspecified atom stereocenters. The summed E-state index contributed by atoms with van der Waals surface area (Å²) in [4.78, 5) is 70.8. The van der Waals surface area contributed by atoms with Crippen LogP contribution in [0.15, 0.2) is 78.9 Å². The first kappa shape index (κ1) is 36.1. The molecule has 0 saturated carbocycles. The summed E-state index contributed by atoms with van der Waals surface area (Å²) < 4.78 is 5.51. The Bertz CT molecular complexity index is 1780. The van der Waals surface area contributed by atoms with Gasteiger partial charge in [-0.15, -0.1) is 0 Å². The Morgan fingerprint density at radius 2 is 1.36 bits per heavy atom. The van der Waals surface area contributed by atoms with Crippen LogP contribution in [-0.4, -0.2) is 113 Å². The first-order valence-corrected chi connectivity index (χ1v) is 18.7. The molecule has 5 aliphatic heterocycles. The van der Waals surface area contributed by atoms with Crippen molar-refractivity contribution >= 4 is 36.0 Å². The maximum Gasteiger partial charge on any atom is 0.411 e. The molecule has 5 saturated heterocycles. The van der Waals surface area contributed by atoms with Crippen LogP contribution in [0.4, 0.5) is 15.3 Å². The van der Waals surface area contributed by atoms with Crippen molar-refractivity contribution < 1.29 is 33.8 Å². The van der Waals surface area contributed by atoms with Gasteiger partial charge in [-0.2, -0.15) is 0 Å². The zero-order valence-electron chi connectivity index (χ0n) is 29.9. The van der Waals surface area contributed by atoms with E-state index in [1.54, 1.807) is 63.2 Å². The second-order valence-electron chi connectivity index (χ2n) is 14.8. The number of nitrogens with one attached hydrogen (secondary N) is 1. The lowest BCUT2D eigenvalue weighted by molar-refractivity contribution is -0.0573. The fourth-order valence-corrected chi connectivity index (χ4v) is 8.78. The van der Waals surface area contributed by atoms with Gasteiger partial charge in [-0.05, 0) is 105 Å². The van der Waals surface area contributed by atoms with Gasteiger partial charge in [0, 0.05) is 55.1 Å². The number of aldehydes is 1. The highest BCUT2D eigenvalue weighted by atomic mass is 16.5. The lowest BCUT2D eigenvalue weighted by Crippen LogP contribution is -2.65. The minimum absolute atomic E-state index is 0.0757. The maximum atomic E-state index is 13.7. The average molecular weight is 722 g/mol. The Morgan fingerprint density at radius 3 is 1.91 bits per heavy atom. The van der Waals surface area contributed by atoms with Gasteiger partial charge < -0.3 is 24.5 Å². The second kappa shape index (κ2) is 15.8. The van der Waals surface area contributed by atoms with Crippen LogP contribution in [0.1, 0.15) is 75.2 Å². The summed E-state index contributed by atoms with van der Waals surface area (Å²) in [5.74, 6) is 0.266. The van der Waals surface area contributed by atoms with Crippen LogP contribution >= 0.6 is 0 Å². The molecule has 12 nitrogen and oxygen atoms in total. The van der Waals surface area contributed by atoms with Gasteiger partial charge >= 0.3 is 12.2 Å². The smallest absolute Gasteiger partial charge is 0.411 e. The van der Waals surface area contributed by atoms with Crippen LogP contribution in [0.2, 0.25) is 0 Å². The Labute approximate surface area is 309 Å². The molecule has 0 aliphatic carbocycles. The van der Waals surface area contributed by atoms with Crippen LogP contribution in [0.5, 0.6) is 0 Å². The van der Waals surface area contributed by atoms with E-state index in [0.717, 1.165) is 44.3 Å². The normalized spacial score (nSPS) is 22.5. The minimum atomic E-state index is -0.897. The molecule has 5 heterocycles. The van der Waals surface area contributed by atoms with Gasteiger partial charge in [-0.1, -0.05) is 42.5 Å². The number of ether oxygens (including phenoxy) is 1. The number of carboxylic acid groups (broad SMARTS) is 1. The lowest BCUT2D eigenvalue weighted by Gasteiger charge is -2.56. The summed E-state index contributed by atoms with van der Waals surface area (Å²) in [6.07, 6.45) is 3.72. The molecule has 3 aromatic carbocycles. The Hall–Kier alpha value is -5.23. The number of fused-ring (bicyclic) bond motifs is 3. The van der Waals surface area contributed by atoms with E-state index in [9.17, 15) is 29.1 Å². The highest BCUT2D eigenvalue weighted by Gasteiger charge is 2.51. The van der Waals surface area contributed by atoms with Crippen molar-refractivity contribution in [1.29, 1.82) is 0 Å². The van der Waals surface area contributed by atoms with Crippen LogP contribution in [0.25, 0.3) is 0 Å². The van der Waals surface area contributed by atoms with Gasteiger partial charge in [-0.3, -0.25) is 24.6 Å². The zero-order chi connectivity index (χ0) is 37.0. The molecular formula is C41H47N5O7. The molecule has 1 atom stereocenters. The van der Waals surface area contributed by atoms with Gasteiger partial charge in [0.1, 0.15) is 6.29 Å². The number of hydrogen-bond acceptors (Lipinski definition) is 7. The quantitative estimate of drug-likeness (QED) is 0.264. The van der Waals surface area contributed by atoms with Crippen LogP contribution in [-0.2, 0) is 10.3 Å². The summed E-state index contributed by atoms with van der Waals surface area (Å²) in [5.41, 5.74) is 2.32. The fourth-order valence-electron chi connectivity index (χ4n) is 8.78. The molecular weight excluding hydrogens is 674 g/mol. The van der Waals surface area contributed by atoms with E-state index in [2.05, 4.69) is 10.2 Å². The number of anilines is 1. The number of rotatable bonds is 9. The molecule has 12 heteroatoms. The zero-order valence-corrected chi connectivity index (χ0v) is 29.9. The topological polar surface area (TPSA) is 140 Å². The summed E-state index contributed by atoms with van der Waals surface area (Å²) in [5, 5.41) is 13.5. The van der Waals surface area contributed by atoms with Crippen molar-refractivity contribution in [3.63, 3.8) is 0 Å². The lowest BCUT2D eigenvalue weighted by atomic mass is 9.75. The SMILES string of the molecule is O=Cc1ccc(C(=O)N2CCC(COC(=O)Nc3ccc(C(=O)N4CCC(c5ccccc5)(N(C(=O)O)[C@H]5CN6CCC5CC6)CC4)cc3)CC2)cc1. The maximum absolute atomic E-state index is 13.7. The molecule has 0 spiro atoms. The summed E-state index contributed by atoms with van der Waals surface area (Å²) in [7, 11) is 0. The molecule has 0 radical (unpaired) electrons. The summed E-state index contributed by atoms with van der Waals surface area (Å²) >= 11 is 0. The van der Waals surface area contributed by atoms with E-state index in [1.165, 1.54) is 0 Å². The van der Waals surface area contributed by atoms with E-state index in [-0.39, 0.29) is 30.4 Å². The molecule has 8 rings (SSSR count). The monoisotopic (exact) mass is 721 g/mol. The van der Waals surface area contributed by atoms with E-state index in [1.807, 2.05) is 30.3 Å². The second-order valence-corrected chi connectivity index (χ2v) is 14.8. The average Bonchev–Trinajstić information content (AvgIpc) is 3.21. The van der Waals surface area contributed by atoms with E-state index in [4.69, 9.17) is 4.74 Å². The van der Waals surface area contributed by atoms with E-state index < -0.39 is 17.7 Å². The number of hydrogen-bond donors (Lipinski definition) is 2. The number of amides is 4. The van der Waals surface area contributed by atoms with E-state index >= 15 is 0 Å². The first-order chi connectivity index (χ1) is 25.7. The number of piperidine rings is 5. The molecule has 2 bridgehead atoms. The van der Waals surface area contributed by atoms with Crippen molar-refractivity contribution in [2.24, 2.45) is 11.8 Å². The number of carbonyl (C=O) groups excluding carboxylic acids is 4. The van der Waals surface area contributed by atoms with Crippen molar-refractivity contribution in [2.75, 3.05) is 57.7 Å². The Balaban J connectivity index is 0.908. The van der Waals surface area contributed by atoms with Gasteiger partial charge in [-0.25, -0.2) is 9.59 Å².